The maximum Gasteiger partial charge on any atom is 0.337 e. The molecule has 2 bridgehead atoms. The second-order valence-electron chi connectivity index (χ2n) is 5.35. The highest BCUT2D eigenvalue weighted by atomic mass is 16.5. The lowest BCUT2D eigenvalue weighted by atomic mass is 9.84. The number of fused-ring (bicyclic) bond motifs is 8. The van der Waals surface area contributed by atoms with Gasteiger partial charge in [0.25, 0.3) is 0 Å². The maximum absolute atomic E-state index is 11.7. The summed E-state index contributed by atoms with van der Waals surface area (Å²) in [4.78, 5) is 11.7. The van der Waals surface area contributed by atoms with E-state index in [-0.39, 0.29) is 24.8 Å². The van der Waals surface area contributed by atoms with Crippen LogP contribution >= 0.6 is 0 Å². The van der Waals surface area contributed by atoms with Crippen molar-refractivity contribution in [1.29, 1.82) is 0 Å². The van der Waals surface area contributed by atoms with Gasteiger partial charge in [-0.2, -0.15) is 0 Å². The first-order valence-electron chi connectivity index (χ1n) is 6.84. The van der Waals surface area contributed by atoms with Crippen molar-refractivity contribution in [3.8, 4) is 0 Å². The van der Waals surface area contributed by atoms with Crippen LogP contribution in [0.25, 0.3) is 0 Å². The minimum atomic E-state index is -0.343. The van der Waals surface area contributed by atoms with Crippen LogP contribution in [0.2, 0.25) is 0 Å². The molecule has 0 amide bonds. The van der Waals surface area contributed by atoms with E-state index in [1.165, 1.54) is 7.11 Å². The number of benzene rings is 2. The molecule has 21 heavy (non-hydrogen) atoms. The minimum absolute atomic E-state index is 0.0136. The fraction of sp³-hybridized carbons (Fsp3) is 0.235. The summed E-state index contributed by atoms with van der Waals surface area (Å²) < 4.78 is 10.8. The quantitative estimate of drug-likeness (QED) is 0.860. The second-order valence-corrected chi connectivity index (χ2v) is 5.35. The van der Waals surface area contributed by atoms with E-state index in [1.807, 2.05) is 30.3 Å². The van der Waals surface area contributed by atoms with Crippen LogP contribution in [0, 0.1) is 0 Å². The van der Waals surface area contributed by atoms with Crippen molar-refractivity contribution in [2.24, 2.45) is 0 Å². The predicted molar refractivity (Wildman–Crippen MR) is 74.9 cm³/mol. The van der Waals surface area contributed by atoms with Gasteiger partial charge in [0.15, 0.2) is 0 Å². The smallest absolute Gasteiger partial charge is 0.337 e. The summed E-state index contributed by atoms with van der Waals surface area (Å²) in [6.45, 7) is 0.0136. The van der Waals surface area contributed by atoms with Crippen molar-refractivity contribution < 1.29 is 19.4 Å². The summed E-state index contributed by atoms with van der Waals surface area (Å²) in [5.74, 6) is -0.343. The molecule has 0 unspecified atom stereocenters. The van der Waals surface area contributed by atoms with Crippen LogP contribution in [0.3, 0.4) is 0 Å². The molecule has 2 aromatic rings. The third-order valence-corrected chi connectivity index (χ3v) is 4.24. The maximum atomic E-state index is 11.7. The van der Waals surface area contributed by atoms with Gasteiger partial charge in [0, 0.05) is 0 Å². The summed E-state index contributed by atoms with van der Waals surface area (Å²) in [7, 11) is 1.38. The zero-order valence-corrected chi connectivity index (χ0v) is 11.5. The first kappa shape index (κ1) is 12.6. The largest absolute Gasteiger partial charge is 0.465 e. The number of carbonyl (C=O) groups is 1. The van der Waals surface area contributed by atoms with Crippen LogP contribution in [0.15, 0.2) is 36.4 Å². The summed E-state index contributed by atoms with van der Waals surface area (Å²) in [5.41, 5.74) is 5.77. The van der Waals surface area contributed by atoms with Crippen LogP contribution in [-0.2, 0) is 16.1 Å². The Morgan fingerprint density at radius 3 is 2.48 bits per heavy atom. The van der Waals surface area contributed by atoms with Crippen molar-refractivity contribution in [2.75, 3.05) is 7.11 Å². The van der Waals surface area contributed by atoms with Gasteiger partial charge in [-0.15, -0.1) is 0 Å². The minimum Gasteiger partial charge on any atom is -0.465 e. The molecule has 4 rings (SSSR count). The Bertz CT molecular complexity index is 750. The van der Waals surface area contributed by atoms with Gasteiger partial charge in [-0.3, -0.25) is 0 Å². The number of methoxy groups -OCH3 is 1. The summed E-state index contributed by atoms with van der Waals surface area (Å²) in [6.07, 6.45) is -0.226. The first-order valence-corrected chi connectivity index (χ1v) is 6.84. The number of aliphatic hydroxyl groups excluding tert-OH is 1. The molecule has 2 aliphatic rings. The Balaban J connectivity index is 1.82. The van der Waals surface area contributed by atoms with Crippen molar-refractivity contribution in [3.63, 3.8) is 0 Å². The van der Waals surface area contributed by atoms with Crippen LogP contribution in [0.5, 0.6) is 0 Å². The van der Waals surface area contributed by atoms with Gasteiger partial charge in [-0.1, -0.05) is 24.3 Å². The SMILES string of the molecule is COC(=O)c1ccc2c(c1)[C@H]1O[C@@H]2c2ccc(CO)cc21. The van der Waals surface area contributed by atoms with Crippen LogP contribution in [0.4, 0.5) is 0 Å². The molecule has 2 atom stereocenters. The fourth-order valence-electron chi connectivity index (χ4n) is 3.24. The monoisotopic (exact) mass is 282 g/mol. The molecule has 0 aliphatic carbocycles. The van der Waals surface area contributed by atoms with Gasteiger partial charge >= 0.3 is 5.97 Å². The zero-order chi connectivity index (χ0) is 14.6. The number of hydrogen-bond donors (Lipinski definition) is 1. The van der Waals surface area contributed by atoms with E-state index in [0.717, 1.165) is 27.8 Å². The van der Waals surface area contributed by atoms with Crippen molar-refractivity contribution >= 4 is 5.97 Å². The van der Waals surface area contributed by atoms with E-state index < -0.39 is 0 Å². The third kappa shape index (κ3) is 1.66. The van der Waals surface area contributed by atoms with E-state index in [1.54, 1.807) is 6.07 Å². The molecule has 106 valence electrons. The van der Waals surface area contributed by atoms with Crippen LogP contribution < -0.4 is 0 Å². The molecule has 2 aromatic carbocycles. The molecule has 4 heteroatoms. The lowest BCUT2D eigenvalue weighted by Crippen LogP contribution is -2.07. The standard InChI is InChI=1S/C17H14O4/c1-20-17(19)10-3-5-12-14(7-10)16-13-6-9(8-18)2-4-11(13)15(12)21-16/h2-7,15-16,18H,8H2,1H3/t15-,16+/m1/s1. The topological polar surface area (TPSA) is 55.8 Å². The second kappa shape index (κ2) is 4.41. The van der Waals surface area contributed by atoms with Crippen molar-refractivity contribution in [1.82, 2.24) is 0 Å². The Labute approximate surface area is 121 Å². The Morgan fingerprint density at radius 2 is 1.76 bits per heavy atom. The third-order valence-electron chi connectivity index (χ3n) is 4.24. The van der Waals surface area contributed by atoms with Gasteiger partial charge in [0.2, 0.25) is 0 Å². The lowest BCUT2D eigenvalue weighted by molar-refractivity contribution is 0.0600. The van der Waals surface area contributed by atoms with Gasteiger partial charge in [0.05, 0.1) is 19.3 Å². The van der Waals surface area contributed by atoms with Gasteiger partial charge in [-0.25, -0.2) is 4.79 Å². The average molecular weight is 282 g/mol. The molecular weight excluding hydrogens is 268 g/mol. The Morgan fingerprint density at radius 1 is 1.10 bits per heavy atom. The van der Waals surface area contributed by atoms with Gasteiger partial charge in [-0.05, 0) is 39.9 Å². The highest BCUT2D eigenvalue weighted by molar-refractivity contribution is 5.90. The van der Waals surface area contributed by atoms with E-state index in [0.29, 0.717) is 5.56 Å². The van der Waals surface area contributed by atoms with E-state index in [4.69, 9.17) is 9.47 Å². The van der Waals surface area contributed by atoms with Crippen LogP contribution in [-0.4, -0.2) is 18.2 Å². The number of hydrogen-bond acceptors (Lipinski definition) is 4. The average Bonchev–Trinajstić information content (AvgIpc) is 3.10. The normalized spacial score (nSPS) is 21.0. The van der Waals surface area contributed by atoms with Gasteiger partial charge in [0.1, 0.15) is 12.2 Å². The zero-order valence-electron chi connectivity index (χ0n) is 11.5. The van der Waals surface area contributed by atoms with Gasteiger partial charge < -0.3 is 14.6 Å². The Kier molecular flexibility index (Phi) is 2.64. The molecule has 2 heterocycles. The summed E-state index contributed by atoms with van der Waals surface area (Å²) in [5, 5.41) is 9.28. The number of esters is 1. The molecule has 0 radical (unpaired) electrons. The molecule has 0 saturated heterocycles. The molecule has 0 spiro atoms. The Hall–Kier alpha value is -2.17. The number of carbonyl (C=O) groups excluding carboxylic acids is 1. The molecule has 2 aliphatic heterocycles. The highest BCUT2D eigenvalue weighted by Gasteiger charge is 2.42. The first-order chi connectivity index (χ1) is 10.2. The molecule has 0 fully saturated rings. The molecule has 0 aromatic heterocycles. The summed E-state index contributed by atoms with van der Waals surface area (Å²) >= 11 is 0. The number of rotatable bonds is 2. The highest BCUT2D eigenvalue weighted by Crippen LogP contribution is 2.54. The molecular formula is C17H14O4. The number of ether oxygens (including phenoxy) is 2. The van der Waals surface area contributed by atoms with E-state index >= 15 is 0 Å². The van der Waals surface area contributed by atoms with Crippen molar-refractivity contribution in [2.45, 2.75) is 18.8 Å². The number of aliphatic hydroxyl groups is 1. The van der Waals surface area contributed by atoms with E-state index in [9.17, 15) is 9.90 Å². The molecule has 0 saturated carbocycles. The molecule has 4 nitrogen and oxygen atoms in total. The predicted octanol–water partition coefficient (Wildman–Crippen LogP) is 2.49. The summed E-state index contributed by atoms with van der Waals surface area (Å²) in [6, 6.07) is 11.5. The van der Waals surface area contributed by atoms with Crippen molar-refractivity contribution in [3.05, 3.63) is 69.8 Å². The fourth-order valence-corrected chi connectivity index (χ4v) is 3.24. The van der Waals surface area contributed by atoms with Crippen LogP contribution in [0.1, 0.15) is 50.4 Å². The molecule has 1 N–H and O–H groups in total. The van der Waals surface area contributed by atoms with E-state index in [2.05, 4.69) is 0 Å². The lowest BCUT2D eigenvalue weighted by Gasteiger charge is -2.17.